The van der Waals surface area contributed by atoms with Gasteiger partial charge in [-0.2, -0.15) is 4.98 Å². The number of benzene rings is 1. The zero-order valence-corrected chi connectivity index (χ0v) is 19.4. The minimum atomic E-state index is -0.305. The van der Waals surface area contributed by atoms with Gasteiger partial charge >= 0.3 is 5.97 Å². The maximum absolute atomic E-state index is 11.9. The molecule has 0 bridgehead atoms. The van der Waals surface area contributed by atoms with E-state index in [9.17, 15) is 4.79 Å². The Kier molecular flexibility index (Phi) is 6.60. The van der Waals surface area contributed by atoms with Crippen molar-refractivity contribution in [3.63, 3.8) is 0 Å². The van der Waals surface area contributed by atoms with Gasteiger partial charge in [-0.3, -0.25) is 0 Å². The second-order valence-electron chi connectivity index (χ2n) is 7.33. The SMILES string of the molecule is CCOC(=O)c1ccc(N(C)C(C)c2cc3nc(Cl)nc(N4CCOCC4)c3s2)cc1. The second kappa shape index (κ2) is 9.38. The number of thiophene rings is 1. The highest BCUT2D eigenvalue weighted by atomic mass is 35.5. The maximum Gasteiger partial charge on any atom is 0.338 e. The zero-order valence-electron chi connectivity index (χ0n) is 17.8. The third-order valence-electron chi connectivity index (χ3n) is 5.43. The van der Waals surface area contributed by atoms with Crippen LogP contribution in [0, 0.1) is 0 Å². The molecule has 2 aromatic heterocycles. The Morgan fingerprint density at radius 3 is 2.68 bits per heavy atom. The molecule has 164 valence electrons. The number of nitrogens with zero attached hydrogens (tertiary/aromatic N) is 4. The van der Waals surface area contributed by atoms with E-state index in [1.165, 1.54) is 0 Å². The largest absolute Gasteiger partial charge is 0.462 e. The summed E-state index contributed by atoms with van der Waals surface area (Å²) in [4.78, 5) is 26.4. The zero-order chi connectivity index (χ0) is 22.0. The van der Waals surface area contributed by atoms with Crippen LogP contribution in [0.5, 0.6) is 0 Å². The Bertz CT molecular complexity index is 1070. The highest BCUT2D eigenvalue weighted by Crippen LogP contribution is 2.38. The highest BCUT2D eigenvalue weighted by molar-refractivity contribution is 7.19. The molecule has 7 nitrogen and oxygen atoms in total. The van der Waals surface area contributed by atoms with Crippen LogP contribution in [-0.4, -0.2) is 55.9 Å². The fraction of sp³-hybridized carbons (Fsp3) is 0.409. The summed E-state index contributed by atoms with van der Waals surface area (Å²) in [6.07, 6.45) is 0. The van der Waals surface area contributed by atoms with E-state index >= 15 is 0 Å². The number of morpholine rings is 1. The maximum atomic E-state index is 11.9. The van der Waals surface area contributed by atoms with Crippen LogP contribution in [0.2, 0.25) is 5.28 Å². The molecule has 3 heterocycles. The van der Waals surface area contributed by atoms with Crippen LogP contribution in [0.4, 0.5) is 11.5 Å². The summed E-state index contributed by atoms with van der Waals surface area (Å²) in [5.41, 5.74) is 2.42. The van der Waals surface area contributed by atoms with Crippen molar-refractivity contribution in [2.45, 2.75) is 19.9 Å². The van der Waals surface area contributed by atoms with E-state index in [2.05, 4.69) is 32.8 Å². The minimum Gasteiger partial charge on any atom is -0.462 e. The lowest BCUT2D eigenvalue weighted by atomic mass is 10.1. The predicted octanol–water partition coefficient (Wildman–Crippen LogP) is 4.56. The van der Waals surface area contributed by atoms with Gasteiger partial charge < -0.3 is 19.3 Å². The first kappa shape index (κ1) is 21.8. The molecule has 0 spiro atoms. The molecular formula is C22H25ClN4O3S. The Morgan fingerprint density at radius 2 is 2.00 bits per heavy atom. The summed E-state index contributed by atoms with van der Waals surface area (Å²) >= 11 is 7.92. The molecule has 0 saturated carbocycles. The summed E-state index contributed by atoms with van der Waals surface area (Å²) < 4.78 is 11.6. The first-order chi connectivity index (χ1) is 15.0. The van der Waals surface area contributed by atoms with Crippen LogP contribution in [-0.2, 0) is 9.47 Å². The number of aromatic nitrogens is 2. The van der Waals surface area contributed by atoms with E-state index in [0.29, 0.717) is 25.4 Å². The van der Waals surface area contributed by atoms with Gasteiger partial charge in [0, 0.05) is 30.7 Å². The van der Waals surface area contributed by atoms with Gasteiger partial charge in [0.15, 0.2) is 5.82 Å². The number of rotatable bonds is 6. The van der Waals surface area contributed by atoms with Crippen LogP contribution in [0.25, 0.3) is 10.2 Å². The van der Waals surface area contributed by atoms with Crippen molar-refractivity contribution in [2.24, 2.45) is 0 Å². The number of ether oxygens (including phenoxy) is 2. The third-order valence-corrected chi connectivity index (χ3v) is 6.89. The van der Waals surface area contributed by atoms with Crippen LogP contribution in [0.15, 0.2) is 30.3 Å². The lowest BCUT2D eigenvalue weighted by molar-refractivity contribution is 0.0526. The number of carbonyl (C=O) groups excluding carboxylic acids is 1. The number of anilines is 2. The minimum absolute atomic E-state index is 0.101. The van der Waals surface area contributed by atoms with Crippen molar-refractivity contribution in [1.82, 2.24) is 9.97 Å². The van der Waals surface area contributed by atoms with Crippen LogP contribution in [0.3, 0.4) is 0 Å². The van der Waals surface area contributed by atoms with Gasteiger partial charge in [-0.05, 0) is 55.8 Å². The number of hydrogen-bond acceptors (Lipinski definition) is 8. The average molecular weight is 461 g/mol. The molecule has 1 fully saturated rings. The van der Waals surface area contributed by atoms with E-state index < -0.39 is 0 Å². The Hall–Kier alpha value is -2.42. The molecule has 9 heteroatoms. The smallest absolute Gasteiger partial charge is 0.338 e. The van der Waals surface area contributed by atoms with Gasteiger partial charge in [-0.15, -0.1) is 11.3 Å². The van der Waals surface area contributed by atoms with Gasteiger partial charge in [0.25, 0.3) is 0 Å². The number of fused-ring (bicyclic) bond motifs is 1. The number of hydrogen-bond donors (Lipinski definition) is 0. The molecule has 1 unspecified atom stereocenters. The number of carbonyl (C=O) groups is 1. The van der Waals surface area contributed by atoms with E-state index in [4.69, 9.17) is 21.1 Å². The Labute approximate surface area is 190 Å². The molecule has 0 N–H and O–H groups in total. The summed E-state index contributed by atoms with van der Waals surface area (Å²) in [7, 11) is 2.04. The average Bonchev–Trinajstić information content (AvgIpc) is 3.22. The fourth-order valence-corrected chi connectivity index (χ4v) is 4.94. The van der Waals surface area contributed by atoms with Gasteiger partial charge in [-0.1, -0.05) is 0 Å². The lowest BCUT2D eigenvalue weighted by Crippen LogP contribution is -2.36. The lowest BCUT2D eigenvalue weighted by Gasteiger charge is -2.28. The third kappa shape index (κ3) is 4.61. The van der Waals surface area contributed by atoms with Gasteiger partial charge in [-0.25, -0.2) is 9.78 Å². The van der Waals surface area contributed by atoms with E-state index in [1.54, 1.807) is 30.4 Å². The monoisotopic (exact) mass is 460 g/mol. The van der Waals surface area contributed by atoms with Crippen molar-refractivity contribution in [2.75, 3.05) is 49.8 Å². The summed E-state index contributed by atoms with van der Waals surface area (Å²) in [6, 6.07) is 9.65. The van der Waals surface area contributed by atoms with Crippen LogP contribution >= 0.6 is 22.9 Å². The summed E-state index contributed by atoms with van der Waals surface area (Å²) in [5.74, 6) is 0.573. The molecule has 31 heavy (non-hydrogen) atoms. The summed E-state index contributed by atoms with van der Waals surface area (Å²) in [5, 5.41) is 0.258. The highest BCUT2D eigenvalue weighted by Gasteiger charge is 2.22. The van der Waals surface area contributed by atoms with Gasteiger partial charge in [0.2, 0.25) is 5.28 Å². The first-order valence-corrected chi connectivity index (χ1v) is 11.5. The molecule has 1 aliphatic heterocycles. The standard InChI is InChI=1S/C22H25ClN4O3S/c1-4-30-21(28)15-5-7-16(8-6-15)26(3)14(2)18-13-17-19(31-18)20(25-22(23)24-17)27-9-11-29-12-10-27/h5-8,13-14H,4,9-12H2,1-3H3. The number of esters is 1. The second-order valence-corrected chi connectivity index (χ2v) is 8.75. The molecule has 1 aliphatic rings. The van der Waals surface area contributed by atoms with Crippen molar-refractivity contribution >= 4 is 50.6 Å². The predicted molar refractivity (Wildman–Crippen MR) is 125 cm³/mol. The summed E-state index contributed by atoms with van der Waals surface area (Å²) in [6.45, 7) is 7.26. The Balaban J connectivity index is 1.60. The van der Waals surface area contributed by atoms with Crippen molar-refractivity contribution in [3.05, 3.63) is 46.1 Å². The van der Waals surface area contributed by atoms with Gasteiger partial charge in [0.05, 0.1) is 41.6 Å². The fourth-order valence-electron chi connectivity index (χ4n) is 3.56. The van der Waals surface area contributed by atoms with E-state index in [-0.39, 0.29) is 17.3 Å². The van der Waals surface area contributed by atoms with Crippen LogP contribution in [0.1, 0.15) is 35.1 Å². The normalized spacial score (nSPS) is 15.2. The quantitative estimate of drug-likeness (QED) is 0.394. The molecule has 1 aromatic carbocycles. The van der Waals surface area contributed by atoms with Crippen molar-refractivity contribution in [3.8, 4) is 0 Å². The topological polar surface area (TPSA) is 67.8 Å². The van der Waals surface area contributed by atoms with E-state index in [1.807, 2.05) is 19.2 Å². The Morgan fingerprint density at radius 1 is 1.29 bits per heavy atom. The molecule has 4 rings (SSSR count). The number of halogens is 1. The molecule has 3 aromatic rings. The van der Waals surface area contributed by atoms with Crippen molar-refractivity contribution in [1.29, 1.82) is 0 Å². The molecule has 1 atom stereocenters. The van der Waals surface area contributed by atoms with Crippen molar-refractivity contribution < 1.29 is 14.3 Å². The van der Waals surface area contributed by atoms with Gasteiger partial charge in [0.1, 0.15) is 0 Å². The first-order valence-electron chi connectivity index (χ1n) is 10.3. The molecule has 0 aliphatic carbocycles. The molecule has 0 radical (unpaired) electrons. The molecular weight excluding hydrogens is 436 g/mol. The van der Waals surface area contributed by atoms with Crippen LogP contribution < -0.4 is 9.80 Å². The molecule has 1 saturated heterocycles. The molecule has 0 amide bonds. The van der Waals surface area contributed by atoms with E-state index in [0.717, 1.165) is 39.7 Å².